The van der Waals surface area contributed by atoms with E-state index >= 15 is 0 Å². The number of phenols is 1. The molecular formula is C32H47NO4. The highest BCUT2D eigenvalue weighted by atomic mass is 16.4. The van der Waals surface area contributed by atoms with E-state index in [1.54, 1.807) is 24.3 Å². The van der Waals surface area contributed by atoms with Gasteiger partial charge in [-0.15, -0.1) is 0 Å². The number of aromatic hydroxyl groups is 1. The molecule has 0 spiro atoms. The number of amides is 1. The Morgan fingerprint density at radius 1 is 0.946 bits per heavy atom. The van der Waals surface area contributed by atoms with E-state index in [0.717, 1.165) is 42.1 Å². The second kappa shape index (κ2) is 10.6. The molecule has 8 atom stereocenters. The first-order valence-electron chi connectivity index (χ1n) is 15.0. The summed E-state index contributed by atoms with van der Waals surface area (Å²) in [7, 11) is 0. The normalized spacial score (nSPS) is 37.6. The number of fused-ring (bicyclic) bond motifs is 5. The molecule has 0 radical (unpaired) electrons. The Balaban J connectivity index is 1.13. The van der Waals surface area contributed by atoms with Crippen LogP contribution in [0, 0.1) is 40.4 Å². The molecule has 0 saturated heterocycles. The third-order valence-electron chi connectivity index (χ3n) is 11.7. The largest absolute Gasteiger partial charge is 0.508 e. The van der Waals surface area contributed by atoms with Gasteiger partial charge in [0.1, 0.15) is 11.8 Å². The van der Waals surface area contributed by atoms with Crippen molar-refractivity contribution >= 4 is 11.9 Å². The average molecular weight is 510 g/mol. The molecule has 4 aliphatic rings. The van der Waals surface area contributed by atoms with Crippen LogP contribution in [-0.2, 0) is 16.0 Å². The van der Waals surface area contributed by atoms with E-state index in [4.69, 9.17) is 0 Å². The lowest BCUT2D eigenvalue weighted by molar-refractivity contribution is -0.141. The molecular weight excluding hydrogens is 462 g/mol. The number of benzene rings is 1. The summed E-state index contributed by atoms with van der Waals surface area (Å²) < 4.78 is 0. The number of carboxylic acid groups (broad SMARTS) is 1. The van der Waals surface area contributed by atoms with Crippen molar-refractivity contribution in [1.82, 2.24) is 5.32 Å². The molecule has 37 heavy (non-hydrogen) atoms. The number of hydrogen-bond donors (Lipinski definition) is 3. The van der Waals surface area contributed by atoms with Gasteiger partial charge in [-0.25, -0.2) is 4.79 Å². The van der Waals surface area contributed by atoms with Crippen LogP contribution in [0.3, 0.4) is 0 Å². The van der Waals surface area contributed by atoms with Gasteiger partial charge in [-0.2, -0.15) is 0 Å². The molecule has 1 amide bonds. The fourth-order valence-electron chi connectivity index (χ4n) is 9.72. The van der Waals surface area contributed by atoms with Gasteiger partial charge in [-0.3, -0.25) is 4.79 Å². The predicted molar refractivity (Wildman–Crippen MR) is 145 cm³/mol. The third kappa shape index (κ3) is 5.16. The Morgan fingerprint density at radius 3 is 2.46 bits per heavy atom. The van der Waals surface area contributed by atoms with Crippen LogP contribution in [0.15, 0.2) is 24.3 Å². The lowest BCUT2D eigenvalue weighted by atomic mass is 9.45. The van der Waals surface area contributed by atoms with Crippen LogP contribution in [0.25, 0.3) is 0 Å². The maximum absolute atomic E-state index is 12.7. The molecule has 8 unspecified atom stereocenters. The number of aliphatic carboxylic acids is 1. The molecule has 0 heterocycles. The van der Waals surface area contributed by atoms with E-state index in [9.17, 15) is 19.8 Å². The minimum atomic E-state index is -1.02. The second-order valence-corrected chi connectivity index (χ2v) is 13.4. The maximum atomic E-state index is 12.7. The minimum absolute atomic E-state index is 0.145. The Bertz CT molecular complexity index is 976. The highest BCUT2D eigenvalue weighted by Gasteiger charge is 2.59. The monoisotopic (exact) mass is 509 g/mol. The van der Waals surface area contributed by atoms with E-state index in [0.29, 0.717) is 23.2 Å². The Hall–Kier alpha value is -2.04. The molecule has 4 fully saturated rings. The summed E-state index contributed by atoms with van der Waals surface area (Å²) in [4.78, 5) is 24.4. The molecule has 4 saturated carbocycles. The molecule has 0 aromatic heterocycles. The van der Waals surface area contributed by atoms with Gasteiger partial charge < -0.3 is 15.5 Å². The Labute approximate surface area is 222 Å². The SMILES string of the molecule is CC12CCCCC1CCC1C2CCC2(C)C(CCCC(=O)NC(Cc3ccc(O)cc3)C(=O)O)CCC12. The van der Waals surface area contributed by atoms with Crippen molar-refractivity contribution in [3.8, 4) is 5.75 Å². The lowest BCUT2D eigenvalue weighted by Gasteiger charge is -2.60. The number of hydrogen-bond acceptors (Lipinski definition) is 3. The van der Waals surface area contributed by atoms with Crippen LogP contribution in [0.4, 0.5) is 0 Å². The quantitative estimate of drug-likeness (QED) is 0.363. The van der Waals surface area contributed by atoms with Crippen molar-refractivity contribution in [2.24, 2.45) is 40.4 Å². The van der Waals surface area contributed by atoms with Crippen molar-refractivity contribution in [1.29, 1.82) is 0 Å². The topological polar surface area (TPSA) is 86.6 Å². The average Bonchev–Trinajstić information content (AvgIpc) is 3.20. The number of carbonyl (C=O) groups excluding carboxylic acids is 1. The first-order valence-corrected chi connectivity index (χ1v) is 15.0. The van der Waals surface area contributed by atoms with Gasteiger partial charge in [-0.1, -0.05) is 38.8 Å². The van der Waals surface area contributed by atoms with Crippen LogP contribution in [0.5, 0.6) is 5.75 Å². The van der Waals surface area contributed by atoms with Gasteiger partial charge in [0.15, 0.2) is 0 Å². The number of carboxylic acids is 1. The summed E-state index contributed by atoms with van der Waals surface area (Å²) in [6, 6.07) is 5.53. The second-order valence-electron chi connectivity index (χ2n) is 13.4. The highest BCUT2D eigenvalue weighted by molar-refractivity contribution is 5.83. The molecule has 204 valence electrons. The first kappa shape index (κ1) is 26.6. The molecule has 4 aliphatic carbocycles. The number of nitrogens with one attached hydrogen (secondary N) is 1. The highest BCUT2D eigenvalue weighted by Crippen LogP contribution is 2.67. The van der Waals surface area contributed by atoms with Crippen LogP contribution in [0.1, 0.15) is 103 Å². The number of phenolic OH excluding ortho intramolecular Hbond substituents is 1. The summed E-state index contributed by atoms with van der Waals surface area (Å²) in [5, 5.41) is 21.8. The van der Waals surface area contributed by atoms with Gasteiger partial charge in [0, 0.05) is 12.8 Å². The smallest absolute Gasteiger partial charge is 0.326 e. The predicted octanol–water partition coefficient (Wildman–Crippen LogP) is 6.72. The summed E-state index contributed by atoms with van der Waals surface area (Å²) in [5.74, 6) is 3.29. The van der Waals surface area contributed by atoms with E-state index < -0.39 is 12.0 Å². The molecule has 5 heteroatoms. The first-order chi connectivity index (χ1) is 17.7. The Kier molecular flexibility index (Phi) is 7.62. The molecule has 5 nitrogen and oxygen atoms in total. The van der Waals surface area contributed by atoms with Gasteiger partial charge >= 0.3 is 5.97 Å². The summed E-state index contributed by atoms with van der Waals surface area (Å²) in [6.07, 6.45) is 16.6. The van der Waals surface area contributed by atoms with E-state index in [-0.39, 0.29) is 18.1 Å². The van der Waals surface area contributed by atoms with Crippen molar-refractivity contribution in [3.63, 3.8) is 0 Å². The number of carbonyl (C=O) groups is 2. The standard InChI is InChI=1S/C32H47NO4/c1-31-18-4-3-6-22(31)11-15-25-26-16-12-23(32(26,2)19-17-27(25)31)7-5-8-29(35)33-28(30(36)37)20-21-9-13-24(34)14-10-21/h9-10,13-14,22-23,25-28,34H,3-8,11-12,15-20H2,1-2H3,(H,33,35)(H,36,37). The number of rotatable bonds is 8. The van der Waals surface area contributed by atoms with Gasteiger partial charge in [0.25, 0.3) is 0 Å². The van der Waals surface area contributed by atoms with E-state index in [2.05, 4.69) is 19.2 Å². The van der Waals surface area contributed by atoms with Gasteiger partial charge in [0.2, 0.25) is 5.91 Å². The fourth-order valence-corrected chi connectivity index (χ4v) is 9.72. The summed E-state index contributed by atoms with van der Waals surface area (Å²) in [6.45, 7) is 5.21. The van der Waals surface area contributed by atoms with Crippen LogP contribution in [-0.4, -0.2) is 28.1 Å². The molecule has 1 aromatic rings. The summed E-state index contributed by atoms with van der Waals surface area (Å²) in [5.41, 5.74) is 1.78. The Morgan fingerprint density at radius 2 is 1.70 bits per heavy atom. The maximum Gasteiger partial charge on any atom is 0.326 e. The molecule has 1 aromatic carbocycles. The van der Waals surface area contributed by atoms with Crippen molar-refractivity contribution < 1.29 is 19.8 Å². The summed E-state index contributed by atoms with van der Waals surface area (Å²) >= 11 is 0. The van der Waals surface area contributed by atoms with Gasteiger partial charge in [-0.05, 0) is 122 Å². The minimum Gasteiger partial charge on any atom is -0.508 e. The third-order valence-corrected chi connectivity index (χ3v) is 11.7. The van der Waals surface area contributed by atoms with Crippen LogP contribution in [0.2, 0.25) is 0 Å². The molecule has 0 aliphatic heterocycles. The van der Waals surface area contributed by atoms with Crippen molar-refractivity contribution in [2.75, 3.05) is 0 Å². The zero-order valence-electron chi connectivity index (χ0n) is 22.9. The fraction of sp³-hybridized carbons (Fsp3) is 0.750. The van der Waals surface area contributed by atoms with Gasteiger partial charge in [0.05, 0.1) is 0 Å². The zero-order valence-corrected chi connectivity index (χ0v) is 22.9. The lowest BCUT2D eigenvalue weighted by Crippen LogP contribution is -2.52. The van der Waals surface area contributed by atoms with Crippen LogP contribution >= 0.6 is 0 Å². The zero-order chi connectivity index (χ0) is 26.2. The van der Waals surface area contributed by atoms with Crippen molar-refractivity contribution in [2.45, 2.75) is 110 Å². The van der Waals surface area contributed by atoms with E-state index in [1.807, 2.05) is 0 Å². The molecule has 3 N–H and O–H groups in total. The van der Waals surface area contributed by atoms with E-state index in [1.165, 1.54) is 64.2 Å². The van der Waals surface area contributed by atoms with Crippen molar-refractivity contribution in [3.05, 3.63) is 29.8 Å². The van der Waals surface area contributed by atoms with Crippen LogP contribution < -0.4 is 5.32 Å². The molecule has 0 bridgehead atoms. The molecule has 5 rings (SSSR count).